The third kappa shape index (κ3) is 2.79. The SMILES string of the molecule is CC(C(=O)O)S(=O)(=O)N1CCCC(c2ccn[nH]2)C1. The van der Waals surface area contributed by atoms with Gasteiger partial charge in [-0.2, -0.15) is 5.10 Å². The van der Waals surface area contributed by atoms with Crippen LogP contribution in [0, 0.1) is 0 Å². The van der Waals surface area contributed by atoms with Crippen molar-refractivity contribution in [1.29, 1.82) is 0 Å². The van der Waals surface area contributed by atoms with Gasteiger partial charge in [-0.1, -0.05) is 0 Å². The Morgan fingerprint density at radius 3 is 2.95 bits per heavy atom. The molecular weight excluding hydrogens is 270 g/mol. The highest BCUT2D eigenvalue weighted by Gasteiger charge is 2.37. The summed E-state index contributed by atoms with van der Waals surface area (Å²) in [5.74, 6) is -1.27. The van der Waals surface area contributed by atoms with Gasteiger partial charge in [0.25, 0.3) is 0 Å². The third-order valence-corrected chi connectivity index (χ3v) is 5.65. The van der Waals surface area contributed by atoms with Crippen LogP contribution in [0.1, 0.15) is 31.4 Å². The van der Waals surface area contributed by atoms with Crippen LogP contribution in [0.3, 0.4) is 0 Å². The van der Waals surface area contributed by atoms with Gasteiger partial charge in [0.2, 0.25) is 10.0 Å². The lowest BCUT2D eigenvalue weighted by molar-refractivity contribution is -0.136. The third-order valence-electron chi connectivity index (χ3n) is 3.50. The number of rotatable bonds is 4. The van der Waals surface area contributed by atoms with Gasteiger partial charge in [-0.3, -0.25) is 9.89 Å². The van der Waals surface area contributed by atoms with Gasteiger partial charge in [-0.25, -0.2) is 12.7 Å². The van der Waals surface area contributed by atoms with Crippen LogP contribution < -0.4 is 0 Å². The predicted molar refractivity (Wildman–Crippen MR) is 68.2 cm³/mol. The maximum Gasteiger partial charge on any atom is 0.323 e. The van der Waals surface area contributed by atoms with Gasteiger partial charge >= 0.3 is 5.97 Å². The van der Waals surface area contributed by atoms with Crippen molar-refractivity contribution >= 4 is 16.0 Å². The molecule has 1 aliphatic rings. The molecule has 7 nitrogen and oxygen atoms in total. The zero-order valence-electron chi connectivity index (χ0n) is 10.6. The Kier molecular flexibility index (Phi) is 3.91. The maximum atomic E-state index is 12.2. The monoisotopic (exact) mass is 287 g/mol. The van der Waals surface area contributed by atoms with E-state index in [1.54, 1.807) is 6.20 Å². The van der Waals surface area contributed by atoms with E-state index >= 15 is 0 Å². The molecule has 8 heteroatoms. The number of H-pyrrole nitrogens is 1. The van der Waals surface area contributed by atoms with E-state index in [0.717, 1.165) is 18.5 Å². The van der Waals surface area contributed by atoms with Crippen LogP contribution in [0.2, 0.25) is 0 Å². The van der Waals surface area contributed by atoms with Crippen LogP contribution in [0.25, 0.3) is 0 Å². The molecule has 2 N–H and O–H groups in total. The van der Waals surface area contributed by atoms with Gasteiger partial charge in [0, 0.05) is 30.9 Å². The van der Waals surface area contributed by atoms with Crippen LogP contribution in [-0.2, 0) is 14.8 Å². The minimum Gasteiger partial charge on any atom is -0.480 e. The van der Waals surface area contributed by atoms with Gasteiger partial charge in [0.15, 0.2) is 5.25 Å². The van der Waals surface area contributed by atoms with E-state index in [0.29, 0.717) is 13.1 Å². The van der Waals surface area contributed by atoms with Gasteiger partial charge in [-0.15, -0.1) is 0 Å². The van der Waals surface area contributed by atoms with E-state index < -0.39 is 21.2 Å². The molecule has 2 rings (SSSR count). The molecule has 1 aromatic rings. The van der Waals surface area contributed by atoms with E-state index in [4.69, 9.17) is 5.11 Å². The maximum absolute atomic E-state index is 12.2. The Morgan fingerprint density at radius 1 is 1.63 bits per heavy atom. The number of carboxylic acids is 1. The lowest BCUT2D eigenvalue weighted by atomic mass is 9.96. The number of nitrogens with one attached hydrogen (secondary N) is 1. The minimum atomic E-state index is -3.79. The summed E-state index contributed by atoms with van der Waals surface area (Å²) in [5, 5.41) is 14.2. The molecule has 1 saturated heterocycles. The van der Waals surface area contributed by atoms with Crippen molar-refractivity contribution in [3.8, 4) is 0 Å². The van der Waals surface area contributed by atoms with Crippen molar-refractivity contribution < 1.29 is 18.3 Å². The molecule has 2 unspecified atom stereocenters. The lowest BCUT2D eigenvalue weighted by Gasteiger charge is -2.32. The number of piperidine rings is 1. The normalized spacial score (nSPS) is 23.1. The number of carbonyl (C=O) groups is 1. The number of aliphatic carboxylic acids is 1. The Hall–Kier alpha value is -1.41. The highest BCUT2D eigenvalue weighted by atomic mass is 32.2. The predicted octanol–water partition coefficient (Wildman–Crippen LogP) is 0.392. The lowest BCUT2D eigenvalue weighted by Crippen LogP contribution is -2.45. The zero-order valence-corrected chi connectivity index (χ0v) is 11.4. The van der Waals surface area contributed by atoms with Crippen molar-refractivity contribution in [3.05, 3.63) is 18.0 Å². The molecule has 1 aromatic heterocycles. The Labute approximate surface area is 111 Å². The van der Waals surface area contributed by atoms with E-state index in [1.165, 1.54) is 11.2 Å². The van der Waals surface area contributed by atoms with Crippen LogP contribution in [0.4, 0.5) is 0 Å². The van der Waals surface area contributed by atoms with Crippen LogP contribution >= 0.6 is 0 Å². The summed E-state index contributed by atoms with van der Waals surface area (Å²) in [5.41, 5.74) is 0.892. The molecule has 0 aliphatic carbocycles. The van der Waals surface area contributed by atoms with Crippen molar-refractivity contribution in [2.75, 3.05) is 13.1 Å². The summed E-state index contributed by atoms with van der Waals surface area (Å²) < 4.78 is 25.6. The Morgan fingerprint density at radius 2 is 2.37 bits per heavy atom. The van der Waals surface area contributed by atoms with Crippen molar-refractivity contribution in [2.24, 2.45) is 0 Å². The first-order chi connectivity index (χ1) is 8.93. The average Bonchev–Trinajstić information content (AvgIpc) is 2.91. The second-order valence-electron chi connectivity index (χ2n) is 4.73. The second kappa shape index (κ2) is 5.30. The number of carboxylic acid groups (broad SMARTS) is 1. The molecule has 1 fully saturated rings. The fraction of sp³-hybridized carbons (Fsp3) is 0.636. The molecule has 0 aromatic carbocycles. The van der Waals surface area contributed by atoms with Gasteiger partial charge in [-0.05, 0) is 25.8 Å². The van der Waals surface area contributed by atoms with Gasteiger partial charge in [0.1, 0.15) is 0 Å². The molecule has 0 spiro atoms. The quantitative estimate of drug-likeness (QED) is 0.834. The van der Waals surface area contributed by atoms with E-state index in [-0.39, 0.29) is 5.92 Å². The Bertz CT molecular complexity index is 540. The van der Waals surface area contributed by atoms with Crippen LogP contribution in [-0.4, -0.2) is 52.3 Å². The van der Waals surface area contributed by atoms with Crippen molar-refractivity contribution in [1.82, 2.24) is 14.5 Å². The molecule has 0 radical (unpaired) electrons. The largest absolute Gasteiger partial charge is 0.480 e. The van der Waals surface area contributed by atoms with Gasteiger partial charge < -0.3 is 5.11 Å². The molecule has 1 aliphatic heterocycles. The molecular formula is C11H17N3O4S. The number of sulfonamides is 1. The summed E-state index contributed by atoms with van der Waals surface area (Å²) >= 11 is 0. The van der Waals surface area contributed by atoms with Crippen LogP contribution in [0.15, 0.2) is 12.3 Å². The Balaban J connectivity index is 2.15. The zero-order chi connectivity index (χ0) is 14.0. The smallest absolute Gasteiger partial charge is 0.323 e. The summed E-state index contributed by atoms with van der Waals surface area (Å²) in [6.45, 7) is 1.89. The highest BCUT2D eigenvalue weighted by molar-refractivity contribution is 7.90. The first-order valence-corrected chi connectivity index (χ1v) is 7.64. The molecule has 0 amide bonds. The van der Waals surface area contributed by atoms with Gasteiger partial charge in [0.05, 0.1) is 0 Å². The average molecular weight is 287 g/mol. The van der Waals surface area contributed by atoms with E-state index in [1.807, 2.05) is 6.07 Å². The molecule has 2 heterocycles. The molecule has 0 saturated carbocycles. The van der Waals surface area contributed by atoms with E-state index in [9.17, 15) is 13.2 Å². The van der Waals surface area contributed by atoms with E-state index in [2.05, 4.69) is 10.2 Å². The summed E-state index contributed by atoms with van der Waals surface area (Å²) in [6.07, 6.45) is 3.22. The number of hydrogen-bond acceptors (Lipinski definition) is 4. The second-order valence-corrected chi connectivity index (χ2v) is 6.99. The fourth-order valence-electron chi connectivity index (χ4n) is 2.27. The summed E-state index contributed by atoms with van der Waals surface area (Å²) in [6, 6.07) is 1.82. The molecule has 19 heavy (non-hydrogen) atoms. The summed E-state index contributed by atoms with van der Waals surface area (Å²) in [7, 11) is -3.79. The number of nitrogens with zero attached hydrogens (tertiary/aromatic N) is 2. The fourth-order valence-corrected chi connectivity index (χ4v) is 3.75. The first kappa shape index (κ1) is 14.0. The molecule has 106 valence electrons. The summed E-state index contributed by atoms with van der Waals surface area (Å²) in [4.78, 5) is 10.9. The number of hydrogen-bond donors (Lipinski definition) is 2. The molecule has 0 bridgehead atoms. The number of aromatic amines is 1. The number of aromatic nitrogens is 2. The highest BCUT2D eigenvalue weighted by Crippen LogP contribution is 2.27. The minimum absolute atomic E-state index is 0.0482. The van der Waals surface area contributed by atoms with Crippen molar-refractivity contribution in [2.45, 2.75) is 30.9 Å². The van der Waals surface area contributed by atoms with Crippen LogP contribution in [0.5, 0.6) is 0 Å². The van der Waals surface area contributed by atoms with Crippen molar-refractivity contribution in [3.63, 3.8) is 0 Å². The topological polar surface area (TPSA) is 103 Å². The first-order valence-electron chi connectivity index (χ1n) is 6.14. The molecule has 2 atom stereocenters. The standard InChI is InChI=1S/C11H17N3O4S/c1-8(11(15)16)19(17,18)14-6-2-3-9(7-14)10-4-5-12-13-10/h4-5,8-9H,2-3,6-7H2,1H3,(H,12,13)(H,15,16).